The molecule has 2 heteroatoms. The van der Waals surface area contributed by atoms with Gasteiger partial charge in [-0.05, 0) is 43.4 Å². The van der Waals surface area contributed by atoms with Crippen molar-refractivity contribution in [2.45, 2.75) is 27.2 Å². The highest BCUT2D eigenvalue weighted by Crippen LogP contribution is 2.38. The Kier molecular flexibility index (Phi) is 2.51. The number of anilines is 1. The molecule has 80 valence electrons. The molecule has 0 radical (unpaired) electrons. The lowest BCUT2D eigenvalue weighted by Gasteiger charge is -2.09. The standard InChI is InChI=1S/C13H17NO/c1-8-5-4-6-12(10(8)3)14-13(15)11-7-9(11)2/h4-6,9,11H,7H2,1-3H3,(H,14,15). The number of amides is 1. The molecule has 1 saturated carbocycles. The Labute approximate surface area is 90.7 Å². The Morgan fingerprint density at radius 2 is 2.07 bits per heavy atom. The minimum Gasteiger partial charge on any atom is -0.326 e. The maximum absolute atomic E-state index is 11.7. The van der Waals surface area contributed by atoms with E-state index < -0.39 is 0 Å². The average molecular weight is 203 g/mol. The van der Waals surface area contributed by atoms with Gasteiger partial charge in [-0.25, -0.2) is 0 Å². The van der Waals surface area contributed by atoms with Gasteiger partial charge >= 0.3 is 0 Å². The average Bonchev–Trinajstić information content (AvgIpc) is 2.91. The lowest BCUT2D eigenvalue weighted by atomic mass is 10.1. The highest BCUT2D eigenvalue weighted by molar-refractivity contribution is 5.95. The van der Waals surface area contributed by atoms with Crippen LogP contribution in [0.25, 0.3) is 0 Å². The Bertz CT molecular complexity index is 398. The number of hydrogen-bond donors (Lipinski definition) is 1. The zero-order chi connectivity index (χ0) is 11.0. The maximum atomic E-state index is 11.7. The van der Waals surface area contributed by atoms with Crippen molar-refractivity contribution >= 4 is 11.6 Å². The molecule has 2 unspecified atom stereocenters. The van der Waals surface area contributed by atoms with Crippen molar-refractivity contribution in [3.8, 4) is 0 Å². The van der Waals surface area contributed by atoms with Crippen LogP contribution in [-0.4, -0.2) is 5.91 Å². The lowest BCUT2D eigenvalue weighted by Crippen LogP contribution is -2.15. The zero-order valence-corrected chi connectivity index (χ0v) is 9.50. The lowest BCUT2D eigenvalue weighted by molar-refractivity contribution is -0.117. The predicted molar refractivity (Wildman–Crippen MR) is 61.8 cm³/mol. The van der Waals surface area contributed by atoms with Crippen LogP contribution in [0.5, 0.6) is 0 Å². The molecule has 15 heavy (non-hydrogen) atoms. The van der Waals surface area contributed by atoms with Gasteiger partial charge in [-0.15, -0.1) is 0 Å². The summed E-state index contributed by atoms with van der Waals surface area (Å²) in [4.78, 5) is 11.7. The number of nitrogens with one attached hydrogen (secondary N) is 1. The molecule has 2 rings (SSSR count). The zero-order valence-electron chi connectivity index (χ0n) is 9.50. The molecule has 1 N–H and O–H groups in total. The van der Waals surface area contributed by atoms with Gasteiger partial charge in [-0.3, -0.25) is 4.79 Å². The second kappa shape index (κ2) is 3.69. The molecular weight excluding hydrogens is 186 g/mol. The van der Waals surface area contributed by atoms with Gasteiger partial charge < -0.3 is 5.32 Å². The van der Waals surface area contributed by atoms with E-state index in [1.807, 2.05) is 19.1 Å². The molecule has 0 heterocycles. The Morgan fingerprint density at radius 1 is 1.40 bits per heavy atom. The molecule has 1 aromatic rings. The summed E-state index contributed by atoms with van der Waals surface area (Å²) in [5.74, 6) is 0.983. The first-order valence-corrected chi connectivity index (χ1v) is 5.46. The third-order valence-corrected chi connectivity index (χ3v) is 3.31. The molecule has 0 bridgehead atoms. The number of carbonyl (C=O) groups excluding carboxylic acids is 1. The van der Waals surface area contributed by atoms with Gasteiger partial charge in [0.1, 0.15) is 0 Å². The molecule has 0 saturated heterocycles. The second-order valence-corrected chi connectivity index (χ2v) is 4.56. The Hall–Kier alpha value is -1.31. The van der Waals surface area contributed by atoms with Crippen LogP contribution in [-0.2, 0) is 4.79 Å². The summed E-state index contributed by atoms with van der Waals surface area (Å²) in [6, 6.07) is 6.01. The molecule has 1 fully saturated rings. The number of benzene rings is 1. The van der Waals surface area contributed by atoms with Crippen molar-refractivity contribution in [1.29, 1.82) is 0 Å². The quantitative estimate of drug-likeness (QED) is 0.786. The van der Waals surface area contributed by atoms with Crippen molar-refractivity contribution in [3.63, 3.8) is 0 Å². The SMILES string of the molecule is Cc1cccc(NC(=O)C2CC2C)c1C. The molecule has 0 aromatic heterocycles. The third-order valence-electron chi connectivity index (χ3n) is 3.31. The monoisotopic (exact) mass is 203 g/mol. The van der Waals surface area contributed by atoms with Gasteiger partial charge in [-0.1, -0.05) is 19.1 Å². The van der Waals surface area contributed by atoms with Gasteiger partial charge in [0.15, 0.2) is 0 Å². The van der Waals surface area contributed by atoms with E-state index in [4.69, 9.17) is 0 Å². The van der Waals surface area contributed by atoms with Crippen LogP contribution in [0.3, 0.4) is 0 Å². The van der Waals surface area contributed by atoms with E-state index in [1.165, 1.54) is 11.1 Å². The van der Waals surface area contributed by atoms with Crippen LogP contribution >= 0.6 is 0 Å². The van der Waals surface area contributed by atoms with E-state index >= 15 is 0 Å². The summed E-state index contributed by atoms with van der Waals surface area (Å²) < 4.78 is 0. The van der Waals surface area contributed by atoms with Crippen molar-refractivity contribution in [2.24, 2.45) is 11.8 Å². The first kappa shape index (κ1) is 10.2. The normalized spacial score (nSPS) is 23.7. The summed E-state index contributed by atoms with van der Waals surface area (Å²) in [5.41, 5.74) is 3.34. The van der Waals surface area contributed by atoms with Crippen LogP contribution in [0.15, 0.2) is 18.2 Å². The summed E-state index contributed by atoms with van der Waals surface area (Å²) in [7, 11) is 0. The summed E-state index contributed by atoms with van der Waals surface area (Å²) in [6.07, 6.45) is 1.04. The fourth-order valence-corrected chi connectivity index (χ4v) is 1.80. The van der Waals surface area contributed by atoms with Crippen LogP contribution in [0.4, 0.5) is 5.69 Å². The van der Waals surface area contributed by atoms with Crippen LogP contribution in [0.2, 0.25) is 0 Å². The number of rotatable bonds is 2. The third kappa shape index (κ3) is 2.04. The largest absolute Gasteiger partial charge is 0.326 e. The highest BCUT2D eigenvalue weighted by Gasteiger charge is 2.39. The van der Waals surface area contributed by atoms with Gasteiger partial charge in [0.05, 0.1) is 0 Å². The molecule has 1 amide bonds. The van der Waals surface area contributed by atoms with Gasteiger partial charge in [0.25, 0.3) is 0 Å². The minimum absolute atomic E-state index is 0.177. The number of carbonyl (C=O) groups is 1. The first-order valence-electron chi connectivity index (χ1n) is 5.46. The van der Waals surface area contributed by atoms with Crippen LogP contribution in [0, 0.1) is 25.7 Å². The molecule has 0 aliphatic heterocycles. The van der Waals surface area contributed by atoms with E-state index in [0.29, 0.717) is 5.92 Å². The predicted octanol–water partition coefficient (Wildman–Crippen LogP) is 2.90. The van der Waals surface area contributed by atoms with E-state index in [2.05, 4.69) is 25.2 Å². The van der Waals surface area contributed by atoms with E-state index in [-0.39, 0.29) is 11.8 Å². The summed E-state index contributed by atoms with van der Waals surface area (Å²) in [6.45, 7) is 6.22. The molecule has 1 aliphatic carbocycles. The second-order valence-electron chi connectivity index (χ2n) is 4.56. The van der Waals surface area contributed by atoms with E-state index in [1.54, 1.807) is 0 Å². The summed E-state index contributed by atoms with van der Waals surface area (Å²) in [5, 5.41) is 3.00. The smallest absolute Gasteiger partial charge is 0.227 e. The molecule has 1 aliphatic rings. The molecular formula is C13H17NO. The highest BCUT2D eigenvalue weighted by atomic mass is 16.2. The topological polar surface area (TPSA) is 29.1 Å². The van der Waals surface area contributed by atoms with Gasteiger partial charge in [-0.2, -0.15) is 0 Å². The van der Waals surface area contributed by atoms with Crippen molar-refractivity contribution in [3.05, 3.63) is 29.3 Å². The Morgan fingerprint density at radius 3 is 2.67 bits per heavy atom. The van der Waals surface area contributed by atoms with Gasteiger partial charge in [0, 0.05) is 11.6 Å². The number of hydrogen-bond acceptors (Lipinski definition) is 1. The molecule has 1 aromatic carbocycles. The fourth-order valence-electron chi connectivity index (χ4n) is 1.80. The summed E-state index contributed by atoms with van der Waals surface area (Å²) >= 11 is 0. The maximum Gasteiger partial charge on any atom is 0.227 e. The van der Waals surface area contributed by atoms with E-state index in [0.717, 1.165) is 12.1 Å². The van der Waals surface area contributed by atoms with Crippen LogP contribution < -0.4 is 5.32 Å². The minimum atomic E-state index is 0.177. The Balaban J connectivity index is 2.10. The van der Waals surface area contributed by atoms with Gasteiger partial charge in [0.2, 0.25) is 5.91 Å². The van der Waals surface area contributed by atoms with E-state index in [9.17, 15) is 4.79 Å². The fraction of sp³-hybridized carbons (Fsp3) is 0.462. The van der Waals surface area contributed by atoms with Crippen molar-refractivity contribution in [2.75, 3.05) is 5.32 Å². The van der Waals surface area contributed by atoms with Crippen molar-refractivity contribution < 1.29 is 4.79 Å². The van der Waals surface area contributed by atoms with Crippen LogP contribution in [0.1, 0.15) is 24.5 Å². The first-order chi connectivity index (χ1) is 7.09. The molecule has 0 spiro atoms. The molecule has 2 nitrogen and oxygen atoms in total. The number of aryl methyl sites for hydroxylation is 1. The van der Waals surface area contributed by atoms with Crippen molar-refractivity contribution in [1.82, 2.24) is 0 Å². The molecule has 2 atom stereocenters.